The Hall–Kier alpha value is -6.91. The summed E-state index contributed by atoms with van der Waals surface area (Å²) < 4.78 is 30.6. The number of fused-ring (bicyclic) bond motifs is 3. The normalized spacial score (nSPS) is 21.5. The molecule has 0 spiro atoms. The molecule has 74 heavy (non-hydrogen) atoms. The lowest BCUT2D eigenvalue weighted by Crippen LogP contribution is -2.37. The van der Waals surface area contributed by atoms with E-state index in [9.17, 15) is 14.4 Å². The van der Waals surface area contributed by atoms with Crippen molar-refractivity contribution < 1.29 is 38.1 Å². The number of esters is 3. The molecule has 2 aliphatic heterocycles. The Bertz CT molecular complexity index is 2960. The molecular formula is C64H70N2O8. The molecule has 4 aliphatic rings. The lowest BCUT2D eigenvalue weighted by molar-refractivity contribution is -0.140. The maximum Gasteiger partial charge on any atom is 0.344 e. The molecule has 10 heteroatoms. The van der Waals surface area contributed by atoms with Crippen LogP contribution in [0.2, 0.25) is 0 Å². The van der Waals surface area contributed by atoms with Crippen LogP contribution in [-0.4, -0.2) is 65.4 Å². The van der Waals surface area contributed by atoms with Crippen LogP contribution < -0.4 is 24.0 Å². The summed E-state index contributed by atoms with van der Waals surface area (Å²) in [5.74, 6) is 2.44. The summed E-state index contributed by atoms with van der Waals surface area (Å²) in [5.41, 5.74) is 5.24. The smallest absolute Gasteiger partial charge is 0.344 e. The van der Waals surface area contributed by atoms with Gasteiger partial charge in [0.05, 0.1) is 43.1 Å². The highest BCUT2D eigenvalue weighted by molar-refractivity contribution is 6.06. The predicted octanol–water partition coefficient (Wildman–Crippen LogP) is 13.9. The second kappa shape index (κ2) is 22.7. The number of anilines is 2. The van der Waals surface area contributed by atoms with Crippen molar-refractivity contribution in [3.05, 3.63) is 155 Å². The molecule has 1 saturated heterocycles. The minimum Gasteiger partial charge on any atom is -0.472 e. The number of carbonyl (C=O) groups is 3. The maximum atomic E-state index is 14.4. The fourth-order valence-electron chi connectivity index (χ4n) is 12.1. The van der Waals surface area contributed by atoms with Gasteiger partial charge in [-0.2, -0.15) is 0 Å². The molecule has 3 fully saturated rings. The molecule has 384 valence electrons. The van der Waals surface area contributed by atoms with E-state index < -0.39 is 17.5 Å². The summed E-state index contributed by atoms with van der Waals surface area (Å²) in [7, 11) is 5.16. The van der Waals surface area contributed by atoms with Crippen molar-refractivity contribution in [2.24, 2.45) is 23.7 Å². The molecule has 6 aromatic rings. The number of rotatable bonds is 15. The van der Waals surface area contributed by atoms with Gasteiger partial charge in [0.1, 0.15) is 11.5 Å². The molecule has 10 nitrogen and oxygen atoms in total. The first kappa shape index (κ1) is 50.6. The summed E-state index contributed by atoms with van der Waals surface area (Å²) in [4.78, 5) is 45.7. The number of morpholine rings is 1. The van der Waals surface area contributed by atoms with Gasteiger partial charge in [-0.3, -0.25) is 4.79 Å². The Morgan fingerprint density at radius 3 is 2.07 bits per heavy atom. The Morgan fingerprint density at radius 1 is 0.703 bits per heavy atom. The highest BCUT2D eigenvalue weighted by Crippen LogP contribution is 2.49. The van der Waals surface area contributed by atoms with E-state index in [0.29, 0.717) is 63.8 Å². The summed E-state index contributed by atoms with van der Waals surface area (Å²) in [5, 5.41) is 1.35. The number of carbonyl (C=O) groups excluding carboxylic acids is 3. The Kier molecular flexibility index (Phi) is 15.5. The van der Waals surface area contributed by atoms with Gasteiger partial charge >= 0.3 is 17.9 Å². The van der Waals surface area contributed by atoms with Crippen LogP contribution in [0, 0.1) is 23.7 Å². The van der Waals surface area contributed by atoms with Crippen LogP contribution >= 0.6 is 0 Å². The van der Waals surface area contributed by atoms with Gasteiger partial charge in [0.2, 0.25) is 0 Å². The Balaban J connectivity index is 0.874. The molecule has 0 bridgehead atoms. The first-order chi connectivity index (χ1) is 36.1. The van der Waals surface area contributed by atoms with Gasteiger partial charge in [-0.1, -0.05) is 118 Å². The van der Waals surface area contributed by atoms with Crippen molar-refractivity contribution in [2.45, 2.75) is 89.6 Å². The van der Waals surface area contributed by atoms with E-state index in [1.165, 1.54) is 58.5 Å². The predicted molar refractivity (Wildman–Crippen MR) is 293 cm³/mol. The second-order valence-electron chi connectivity index (χ2n) is 21.0. The average Bonchev–Trinajstić information content (AvgIpc) is 3.46. The van der Waals surface area contributed by atoms with E-state index in [1.54, 1.807) is 30.3 Å². The van der Waals surface area contributed by atoms with Crippen LogP contribution in [0.1, 0.15) is 121 Å². The molecule has 1 unspecified atom stereocenters. The second-order valence-corrected chi connectivity index (χ2v) is 21.0. The Labute approximate surface area is 436 Å². The number of nitrogens with zero attached hydrogens (tertiary/aromatic N) is 2. The highest BCUT2D eigenvalue weighted by atomic mass is 16.5. The van der Waals surface area contributed by atoms with E-state index in [4.69, 9.17) is 23.7 Å². The average molecular weight is 995 g/mol. The first-order valence-electron chi connectivity index (χ1n) is 27.0. The third kappa shape index (κ3) is 10.7. The van der Waals surface area contributed by atoms with Crippen LogP contribution in [0.5, 0.6) is 17.2 Å². The summed E-state index contributed by atoms with van der Waals surface area (Å²) in [6.45, 7) is 5.30. The molecule has 6 aromatic carbocycles. The van der Waals surface area contributed by atoms with Crippen LogP contribution in [0.3, 0.4) is 0 Å². The van der Waals surface area contributed by atoms with Crippen molar-refractivity contribution in [1.82, 2.24) is 0 Å². The fraction of sp³-hybridized carbons (Fsp3) is 0.391. The van der Waals surface area contributed by atoms with Crippen LogP contribution in [-0.2, 0) is 19.9 Å². The molecule has 0 radical (unpaired) electrons. The molecule has 2 aliphatic carbocycles. The lowest BCUT2D eigenvalue weighted by atomic mass is 9.68. The molecule has 0 N–H and O–H groups in total. The molecule has 0 aromatic heterocycles. The van der Waals surface area contributed by atoms with Gasteiger partial charge in [-0.25, -0.2) is 9.59 Å². The van der Waals surface area contributed by atoms with Crippen molar-refractivity contribution >= 4 is 46.1 Å². The van der Waals surface area contributed by atoms with Crippen molar-refractivity contribution in [3.8, 4) is 28.4 Å². The van der Waals surface area contributed by atoms with Gasteiger partial charge in [0, 0.05) is 54.9 Å². The van der Waals surface area contributed by atoms with Gasteiger partial charge < -0.3 is 33.5 Å². The standard InChI is InChI=1S/C64H70N2O8/c1-5-6-8-13-43-18-20-44(21-19-43)45-22-24-47(25-23-45)61(67)72-52-32-26-46(27-33-52)53-16-11-12-17-55(53)63(69)73-59-41-48-40-57(62(68)70-4)54-34-35-64(49-14-9-7-10-15-49,74-60(54)56(48)42-58(59)65(2)3)50-28-30-51(31-29-50)66-36-38-71-39-37-66/h7,9-12,14-17,26-35,40-45,47H,5-6,8,13,18-25,36-39H2,1-4H3/t43-,44-,45-,47-,64?. The molecular weight excluding hydrogens is 925 g/mol. The van der Waals surface area contributed by atoms with E-state index >= 15 is 0 Å². The Morgan fingerprint density at radius 2 is 1.38 bits per heavy atom. The maximum absolute atomic E-state index is 14.4. The monoisotopic (exact) mass is 995 g/mol. The quantitative estimate of drug-likeness (QED) is 0.0561. The third-order valence-electron chi connectivity index (χ3n) is 16.3. The zero-order valence-corrected chi connectivity index (χ0v) is 43.5. The number of hydrogen-bond donors (Lipinski definition) is 0. The van der Waals surface area contributed by atoms with E-state index in [0.717, 1.165) is 84.3 Å². The minimum atomic E-state index is -1.06. The van der Waals surface area contributed by atoms with Crippen LogP contribution in [0.25, 0.3) is 28.0 Å². The lowest BCUT2D eigenvalue weighted by Gasteiger charge is -2.37. The van der Waals surface area contributed by atoms with E-state index in [2.05, 4.69) is 36.1 Å². The summed E-state index contributed by atoms with van der Waals surface area (Å²) in [6.07, 6.45) is 18.8. The van der Waals surface area contributed by atoms with Crippen molar-refractivity contribution in [2.75, 3.05) is 57.3 Å². The zero-order chi connectivity index (χ0) is 51.2. The summed E-state index contributed by atoms with van der Waals surface area (Å²) in [6, 6.07) is 38.7. The first-order valence-corrected chi connectivity index (χ1v) is 27.0. The molecule has 1 atom stereocenters. The van der Waals surface area contributed by atoms with E-state index in [1.807, 2.05) is 97.9 Å². The van der Waals surface area contributed by atoms with Gasteiger partial charge in [0.25, 0.3) is 0 Å². The number of methoxy groups -OCH3 is 1. The number of ether oxygens (including phenoxy) is 5. The highest BCUT2D eigenvalue weighted by Gasteiger charge is 2.40. The van der Waals surface area contributed by atoms with Gasteiger partial charge in [-0.05, 0) is 133 Å². The van der Waals surface area contributed by atoms with Gasteiger partial charge in [-0.15, -0.1) is 0 Å². The van der Waals surface area contributed by atoms with Crippen LogP contribution in [0.15, 0.2) is 127 Å². The van der Waals surface area contributed by atoms with Crippen molar-refractivity contribution in [3.63, 3.8) is 0 Å². The number of benzene rings is 6. The zero-order valence-electron chi connectivity index (χ0n) is 43.5. The minimum absolute atomic E-state index is 0.0809. The number of hydrogen-bond acceptors (Lipinski definition) is 10. The largest absolute Gasteiger partial charge is 0.472 e. The van der Waals surface area contributed by atoms with Crippen molar-refractivity contribution in [1.29, 1.82) is 0 Å². The summed E-state index contributed by atoms with van der Waals surface area (Å²) >= 11 is 0. The third-order valence-corrected chi connectivity index (χ3v) is 16.3. The molecule has 10 rings (SSSR count). The fourth-order valence-corrected chi connectivity index (χ4v) is 12.1. The molecule has 2 saturated carbocycles. The van der Waals surface area contributed by atoms with Crippen LogP contribution in [0.4, 0.5) is 11.4 Å². The number of unbranched alkanes of at least 4 members (excludes halogenated alkanes) is 2. The topological polar surface area (TPSA) is 104 Å². The van der Waals surface area contributed by atoms with E-state index in [-0.39, 0.29) is 11.9 Å². The molecule has 0 amide bonds. The van der Waals surface area contributed by atoms with Gasteiger partial charge in [0.15, 0.2) is 11.4 Å². The SMILES string of the molecule is CCCCC[C@H]1CC[C@H]([C@H]2CC[C@H](C(=O)Oc3ccc(-c4ccccc4C(=O)Oc4cc5cc(C(=O)OC)c6c(c5cc4N(C)C)OC(c4ccccc4)(c4ccc(N5CCOCC5)cc4)C=C6)cc3)CC2)CC1. The molecule has 2 heterocycles.